The van der Waals surface area contributed by atoms with Gasteiger partial charge in [-0.3, -0.25) is 9.36 Å². The van der Waals surface area contributed by atoms with E-state index in [9.17, 15) is 9.59 Å². The van der Waals surface area contributed by atoms with Gasteiger partial charge in [-0.2, -0.15) is 4.98 Å². The van der Waals surface area contributed by atoms with Crippen molar-refractivity contribution in [2.45, 2.75) is 33.2 Å². The first kappa shape index (κ1) is 16.9. The minimum Gasteiger partial charge on any atom is -0.408 e. The van der Waals surface area contributed by atoms with Crippen LogP contribution in [-0.2, 0) is 6.54 Å². The monoisotopic (exact) mass is 344 g/mol. The summed E-state index contributed by atoms with van der Waals surface area (Å²) in [7, 11) is 1.69. The van der Waals surface area contributed by atoms with Crippen LogP contribution in [0.2, 0.25) is 0 Å². The molecule has 0 saturated carbocycles. The van der Waals surface area contributed by atoms with Crippen molar-refractivity contribution in [2.75, 3.05) is 13.6 Å². The number of aromatic nitrogens is 3. The Balaban J connectivity index is 1.82. The van der Waals surface area contributed by atoms with Crippen molar-refractivity contribution >= 4 is 17.0 Å². The van der Waals surface area contributed by atoms with Gasteiger partial charge < -0.3 is 13.8 Å². The number of aryl methyl sites for hydroxylation is 1. The standard InChI is InChI=1S/C17H20N4O4/c1-4-5-8-20(3)16(22)15-18-14(19-25-15)10-21-12-9-11(2)6-7-13(12)24-17(21)23/h6-7,9H,4-5,8,10H2,1-3H3. The quantitative estimate of drug-likeness (QED) is 0.680. The van der Waals surface area contributed by atoms with E-state index in [4.69, 9.17) is 8.94 Å². The van der Waals surface area contributed by atoms with Crippen LogP contribution in [0, 0.1) is 6.92 Å². The van der Waals surface area contributed by atoms with E-state index >= 15 is 0 Å². The van der Waals surface area contributed by atoms with Crippen molar-refractivity contribution in [1.82, 2.24) is 19.6 Å². The Morgan fingerprint density at radius 3 is 2.92 bits per heavy atom. The summed E-state index contributed by atoms with van der Waals surface area (Å²) in [6.45, 7) is 4.68. The van der Waals surface area contributed by atoms with Gasteiger partial charge in [-0.1, -0.05) is 24.6 Å². The molecule has 8 nitrogen and oxygen atoms in total. The van der Waals surface area contributed by atoms with E-state index in [2.05, 4.69) is 17.1 Å². The summed E-state index contributed by atoms with van der Waals surface area (Å²) in [6, 6.07) is 5.47. The molecule has 0 aliphatic rings. The van der Waals surface area contributed by atoms with Crippen molar-refractivity contribution in [1.29, 1.82) is 0 Å². The number of nitrogens with zero attached hydrogens (tertiary/aromatic N) is 4. The highest BCUT2D eigenvalue weighted by Crippen LogP contribution is 2.15. The van der Waals surface area contributed by atoms with Gasteiger partial charge in [0.2, 0.25) is 0 Å². The molecule has 0 bridgehead atoms. The lowest BCUT2D eigenvalue weighted by molar-refractivity contribution is 0.0744. The molecule has 8 heteroatoms. The average molecular weight is 344 g/mol. The average Bonchev–Trinajstić information content (AvgIpc) is 3.18. The molecule has 25 heavy (non-hydrogen) atoms. The van der Waals surface area contributed by atoms with E-state index in [-0.39, 0.29) is 24.2 Å². The normalized spacial score (nSPS) is 11.2. The molecule has 132 valence electrons. The topological polar surface area (TPSA) is 94.4 Å². The van der Waals surface area contributed by atoms with Gasteiger partial charge in [-0.25, -0.2) is 4.79 Å². The second-order valence-corrected chi connectivity index (χ2v) is 6.02. The van der Waals surface area contributed by atoms with Crippen LogP contribution in [0.4, 0.5) is 0 Å². The number of fused-ring (bicyclic) bond motifs is 1. The van der Waals surface area contributed by atoms with Crippen molar-refractivity contribution in [2.24, 2.45) is 0 Å². The first-order valence-electron chi connectivity index (χ1n) is 8.17. The van der Waals surface area contributed by atoms with Gasteiger partial charge in [0.05, 0.1) is 12.1 Å². The number of unbranched alkanes of at least 4 members (excludes halogenated alkanes) is 1. The highest BCUT2D eigenvalue weighted by molar-refractivity contribution is 5.89. The molecule has 0 radical (unpaired) electrons. The number of benzene rings is 1. The molecule has 3 rings (SSSR count). The molecular weight excluding hydrogens is 324 g/mol. The Hall–Kier alpha value is -2.90. The van der Waals surface area contributed by atoms with Crippen LogP contribution in [0.5, 0.6) is 0 Å². The lowest BCUT2D eigenvalue weighted by atomic mass is 10.2. The molecule has 0 N–H and O–H groups in total. The van der Waals surface area contributed by atoms with E-state index < -0.39 is 5.76 Å². The summed E-state index contributed by atoms with van der Waals surface area (Å²) in [5.74, 6) is -0.657. The van der Waals surface area contributed by atoms with E-state index in [1.54, 1.807) is 18.0 Å². The van der Waals surface area contributed by atoms with Gasteiger partial charge >= 0.3 is 17.6 Å². The van der Waals surface area contributed by atoms with E-state index in [1.807, 2.05) is 19.1 Å². The van der Waals surface area contributed by atoms with Gasteiger partial charge in [0, 0.05) is 13.6 Å². The summed E-state index contributed by atoms with van der Waals surface area (Å²) in [4.78, 5) is 29.9. The third kappa shape index (κ3) is 3.47. The summed E-state index contributed by atoms with van der Waals surface area (Å²) in [5, 5.41) is 3.81. The fourth-order valence-corrected chi connectivity index (χ4v) is 2.53. The zero-order valence-corrected chi connectivity index (χ0v) is 14.5. The van der Waals surface area contributed by atoms with Gasteiger partial charge in [-0.15, -0.1) is 0 Å². The molecule has 0 saturated heterocycles. The number of hydrogen-bond acceptors (Lipinski definition) is 6. The predicted molar refractivity (Wildman–Crippen MR) is 90.5 cm³/mol. The lowest BCUT2D eigenvalue weighted by Gasteiger charge is -2.13. The molecule has 0 fully saturated rings. The summed E-state index contributed by atoms with van der Waals surface area (Å²) >= 11 is 0. The molecule has 1 amide bonds. The van der Waals surface area contributed by atoms with E-state index in [1.165, 1.54) is 4.57 Å². The fraction of sp³-hybridized carbons (Fsp3) is 0.412. The third-order valence-corrected chi connectivity index (χ3v) is 3.97. The molecular formula is C17H20N4O4. The van der Waals surface area contributed by atoms with Gasteiger partial charge in [0.1, 0.15) is 0 Å². The molecule has 3 aromatic rings. The maximum Gasteiger partial charge on any atom is 0.420 e. The van der Waals surface area contributed by atoms with Crippen LogP contribution in [0.25, 0.3) is 11.1 Å². The highest BCUT2D eigenvalue weighted by Gasteiger charge is 2.20. The maximum atomic E-state index is 12.2. The smallest absolute Gasteiger partial charge is 0.408 e. The van der Waals surface area contributed by atoms with Crippen molar-refractivity contribution in [3.05, 3.63) is 46.0 Å². The van der Waals surface area contributed by atoms with Crippen molar-refractivity contribution < 1.29 is 13.7 Å². The third-order valence-electron chi connectivity index (χ3n) is 3.97. The Labute approximate surface area is 144 Å². The maximum absolute atomic E-state index is 12.2. The lowest BCUT2D eigenvalue weighted by Crippen LogP contribution is -2.28. The molecule has 0 spiro atoms. The molecule has 2 aromatic heterocycles. The molecule has 0 atom stereocenters. The Morgan fingerprint density at radius 1 is 1.36 bits per heavy atom. The fourth-order valence-electron chi connectivity index (χ4n) is 2.53. The second kappa shape index (κ2) is 6.92. The Kier molecular flexibility index (Phi) is 4.69. The van der Waals surface area contributed by atoms with Gasteiger partial charge in [-0.05, 0) is 31.0 Å². The number of carbonyl (C=O) groups excluding carboxylic acids is 1. The van der Waals surface area contributed by atoms with Crippen LogP contribution < -0.4 is 5.76 Å². The van der Waals surface area contributed by atoms with Crippen LogP contribution in [0.3, 0.4) is 0 Å². The zero-order chi connectivity index (χ0) is 18.0. The number of carbonyl (C=O) groups is 1. The molecule has 1 aromatic carbocycles. The van der Waals surface area contributed by atoms with Crippen molar-refractivity contribution in [3.8, 4) is 0 Å². The SMILES string of the molecule is CCCCN(C)C(=O)c1nc(Cn2c(=O)oc3ccc(C)cc32)no1. The van der Waals surface area contributed by atoms with Crippen molar-refractivity contribution in [3.63, 3.8) is 0 Å². The number of rotatable bonds is 6. The van der Waals surface area contributed by atoms with Crippen LogP contribution in [0.15, 0.2) is 31.9 Å². The largest absolute Gasteiger partial charge is 0.420 e. The first-order valence-corrected chi connectivity index (χ1v) is 8.17. The summed E-state index contributed by atoms with van der Waals surface area (Å²) in [6.07, 6.45) is 1.89. The van der Waals surface area contributed by atoms with E-state index in [0.29, 0.717) is 17.6 Å². The van der Waals surface area contributed by atoms with Crippen LogP contribution in [-0.4, -0.2) is 39.1 Å². The zero-order valence-electron chi connectivity index (χ0n) is 14.5. The minimum atomic E-state index is -0.502. The molecule has 0 unspecified atom stereocenters. The molecule has 0 aliphatic carbocycles. The van der Waals surface area contributed by atoms with E-state index in [0.717, 1.165) is 18.4 Å². The number of oxazole rings is 1. The summed E-state index contributed by atoms with van der Waals surface area (Å²) < 4.78 is 11.7. The molecule has 2 heterocycles. The predicted octanol–water partition coefficient (Wildman–Crippen LogP) is 2.21. The minimum absolute atomic E-state index is 0.0741. The Bertz CT molecular complexity index is 953. The first-order chi connectivity index (χ1) is 12.0. The Morgan fingerprint density at radius 2 is 2.16 bits per heavy atom. The second-order valence-electron chi connectivity index (χ2n) is 6.02. The van der Waals surface area contributed by atoms with Crippen LogP contribution >= 0.6 is 0 Å². The van der Waals surface area contributed by atoms with Gasteiger partial charge in [0.25, 0.3) is 0 Å². The van der Waals surface area contributed by atoms with Gasteiger partial charge in [0.15, 0.2) is 11.4 Å². The number of amides is 1. The number of hydrogen-bond donors (Lipinski definition) is 0. The summed E-state index contributed by atoms with van der Waals surface area (Å²) in [5.41, 5.74) is 2.15. The molecule has 0 aliphatic heterocycles. The highest BCUT2D eigenvalue weighted by atomic mass is 16.5. The van der Waals surface area contributed by atoms with Crippen LogP contribution in [0.1, 0.15) is 41.8 Å².